The van der Waals surface area contributed by atoms with Gasteiger partial charge in [-0.15, -0.1) is 0 Å². The van der Waals surface area contributed by atoms with Crippen molar-refractivity contribution in [1.82, 2.24) is 9.88 Å². The van der Waals surface area contributed by atoms with E-state index in [1.54, 1.807) is 31.3 Å². The summed E-state index contributed by atoms with van der Waals surface area (Å²) in [7, 11) is 2.95. The monoisotopic (exact) mass is 356 g/mol. The van der Waals surface area contributed by atoms with Crippen LogP contribution in [0.25, 0.3) is 0 Å². The highest BCUT2D eigenvalue weighted by atomic mass is 16.5. The zero-order valence-electron chi connectivity index (χ0n) is 15.3. The number of carbonyl (C=O) groups is 2. The van der Waals surface area contributed by atoms with Crippen molar-refractivity contribution in [1.29, 1.82) is 0 Å². The molecule has 0 saturated carbocycles. The molecule has 2 rings (SSSR count). The first-order valence-electron chi connectivity index (χ1n) is 8.41. The fourth-order valence-corrected chi connectivity index (χ4v) is 2.60. The number of aromatic nitrogens is 1. The van der Waals surface area contributed by atoms with Gasteiger partial charge in [0.05, 0.1) is 26.6 Å². The van der Waals surface area contributed by atoms with Gasteiger partial charge in [0.2, 0.25) is 5.91 Å². The van der Waals surface area contributed by atoms with Gasteiger partial charge >= 0.3 is 5.97 Å². The van der Waals surface area contributed by atoms with E-state index < -0.39 is 5.92 Å². The van der Waals surface area contributed by atoms with Crippen molar-refractivity contribution in [2.45, 2.75) is 19.9 Å². The normalized spacial score (nSPS) is 11.5. The first kappa shape index (κ1) is 19.4. The van der Waals surface area contributed by atoms with Crippen LogP contribution in [0.4, 0.5) is 0 Å². The van der Waals surface area contributed by atoms with Crippen LogP contribution in [0.5, 0.6) is 5.75 Å². The minimum absolute atomic E-state index is 0.0604. The van der Waals surface area contributed by atoms with Crippen molar-refractivity contribution in [3.8, 4) is 5.75 Å². The van der Waals surface area contributed by atoms with Crippen molar-refractivity contribution < 1.29 is 19.1 Å². The fourth-order valence-electron chi connectivity index (χ4n) is 2.60. The molecule has 2 aromatic rings. The van der Waals surface area contributed by atoms with E-state index in [0.717, 1.165) is 16.9 Å². The van der Waals surface area contributed by atoms with Crippen LogP contribution in [0.1, 0.15) is 18.1 Å². The molecule has 0 aliphatic carbocycles. The molecule has 0 aliphatic heterocycles. The van der Waals surface area contributed by atoms with Crippen molar-refractivity contribution >= 4 is 11.9 Å². The van der Waals surface area contributed by atoms with E-state index in [2.05, 4.69) is 4.98 Å². The second-order valence-corrected chi connectivity index (χ2v) is 6.08. The van der Waals surface area contributed by atoms with Crippen LogP contribution >= 0.6 is 0 Å². The summed E-state index contributed by atoms with van der Waals surface area (Å²) in [6, 6.07) is 11.1. The van der Waals surface area contributed by atoms with E-state index in [1.165, 1.54) is 7.11 Å². The van der Waals surface area contributed by atoms with Crippen molar-refractivity contribution in [2.75, 3.05) is 20.8 Å². The molecule has 1 unspecified atom stereocenters. The van der Waals surface area contributed by atoms with Crippen LogP contribution < -0.4 is 4.74 Å². The van der Waals surface area contributed by atoms with Gasteiger partial charge in [0, 0.05) is 25.5 Å². The number of amides is 1. The second kappa shape index (κ2) is 9.56. The van der Waals surface area contributed by atoms with E-state index in [0.29, 0.717) is 6.54 Å². The Kier molecular flexibility index (Phi) is 7.14. The molecule has 1 heterocycles. The molecule has 1 aromatic carbocycles. The summed E-state index contributed by atoms with van der Waals surface area (Å²) >= 11 is 0. The lowest BCUT2D eigenvalue weighted by atomic mass is 10.1. The topological polar surface area (TPSA) is 68.7 Å². The summed E-state index contributed by atoms with van der Waals surface area (Å²) in [4.78, 5) is 30.4. The maximum atomic E-state index is 12.8. The zero-order chi connectivity index (χ0) is 18.9. The molecule has 1 amide bonds. The minimum atomic E-state index is -0.406. The summed E-state index contributed by atoms with van der Waals surface area (Å²) in [5.74, 6) is -0.0579. The molecule has 0 saturated heterocycles. The Morgan fingerprint density at radius 1 is 1.12 bits per heavy atom. The van der Waals surface area contributed by atoms with Crippen LogP contribution in [0, 0.1) is 5.92 Å². The standard InChI is InChI=1S/C20H24N2O4/c1-15(20(24)26-3)13-22(14-17-5-4-10-21-12-17)19(23)11-16-6-8-18(25-2)9-7-16/h4-10,12,15H,11,13-14H2,1-3H3. The number of methoxy groups -OCH3 is 2. The predicted molar refractivity (Wildman–Crippen MR) is 97.5 cm³/mol. The molecular formula is C20H24N2O4. The summed E-state index contributed by atoms with van der Waals surface area (Å²) in [6.45, 7) is 2.43. The Labute approximate surface area is 153 Å². The third kappa shape index (κ3) is 5.58. The lowest BCUT2D eigenvalue weighted by Gasteiger charge is -2.25. The van der Waals surface area contributed by atoms with E-state index in [9.17, 15) is 9.59 Å². The number of rotatable bonds is 8. The molecule has 26 heavy (non-hydrogen) atoms. The predicted octanol–water partition coefficient (Wildman–Crippen LogP) is 2.47. The maximum absolute atomic E-state index is 12.8. The number of benzene rings is 1. The number of nitrogens with zero attached hydrogens (tertiary/aromatic N) is 2. The summed E-state index contributed by atoms with van der Waals surface area (Å²) < 4.78 is 9.92. The average Bonchev–Trinajstić information content (AvgIpc) is 2.68. The third-order valence-corrected chi connectivity index (χ3v) is 4.06. The summed E-state index contributed by atoms with van der Waals surface area (Å²) in [5.41, 5.74) is 1.80. The Hall–Kier alpha value is -2.89. The smallest absolute Gasteiger partial charge is 0.310 e. The molecule has 138 valence electrons. The lowest BCUT2D eigenvalue weighted by Crippen LogP contribution is -2.37. The van der Waals surface area contributed by atoms with E-state index >= 15 is 0 Å². The van der Waals surface area contributed by atoms with Crippen LogP contribution in [-0.2, 0) is 27.3 Å². The first-order valence-corrected chi connectivity index (χ1v) is 8.41. The van der Waals surface area contributed by atoms with Crippen molar-refractivity contribution in [3.63, 3.8) is 0 Å². The molecule has 0 spiro atoms. The molecule has 0 N–H and O–H groups in total. The SMILES string of the molecule is COC(=O)C(C)CN(Cc1cccnc1)C(=O)Cc1ccc(OC)cc1. The zero-order valence-corrected chi connectivity index (χ0v) is 15.3. The molecule has 1 atom stereocenters. The Bertz CT molecular complexity index is 716. The molecule has 0 bridgehead atoms. The highest BCUT2D eigenvalue weighted by Gasteiger charge is 2.22. The minimum Gasteiger partial charge on any atom is -0.497 e. The van der Waals surface area contributed by atoms with Gasteiger partial charge in [-0.25, -0.2) is 0 Å². The Balaban J connectivity index is 2.12. The van der Waals surface area contributed by atoms with Crippen molar-refractivity contribution in [3.05, 3.63) is 59.9 Å². The Morgan fingerprint density at radius 2 is 1.85 bits per heavy atom. The molecule has 0 aliphatic rings. The van der Waals surface area contributed by atoms with Gasteiger partial charge < -0.3 is 14.4 Å². The van der Waals surface area contributed by atoms with Gasteiger partial charge in [0.1, 0.15) is 5.75 Å². The van der Waals surface area contributed by atoms with Crippen LogP contribution in [0.3, 0.4) is 0 Å². The molecule has 0 fully saturated rings. The number of pyridine rings is 1. The molecule has 1 aromatic heterocycles. The number of carbonyl (C=O) groups excluding carboxylic acids is 2. The highest BCUT2D eigenvalue weighted by Crippen LogP contribution is 2.14. The van der Waals surface area contributed by atoms with Gasteiger partial charge in [0.25, 0.3) is 0 Å². The number of esters is 1. The third-order valence-electron chi connectivity index (χ3n) is 4.06. The quantitative estimate of drug-likeness (QED) is 0.680. The van der Waals surface area contributed by atoms with Crippen LogP contribution in [0.15, 0.2) is 48.8 Å². The lowest BCUT2D eigenvalue weighted by molar-refractivity contribution is -0.146. The van der Waals surface area contributed by atoms with E-state index in [-0.39, 0.29) is 24.8 Å². The van der Waals surface area contributed by atoms with Gasteiger partial charge in [-0.1, -0.05) is 25.1 Å². The molecule has 6 nitrogen and oxygen atoms in total. The van der Waals surface area contributed by atoms with Gasteiger partial charge in [-0.2, -0.15) is 0 Å². The van der Waals surface area contributed by atoms with Crippen molar-refractivity contribution in [2.24, 2.45) is 5.92 Å². The van der Waals surface area contributed by atoms with Crippen LogP contribution in [-0.4, -0.2) is 42.5 Å². The van der Waals surface area contributed by atoms with E-state index in [1.807, 2.05) is 36.4 Å². The molecule has 6 heteroatoms. The average molecular weight is 356 g/mol. The number of ether oxygens (including phenoxy) is 2. The summed E-state index contributed by atoms with van der Waals surface area (Å²) in [6.07, 6.45) is 3.65. The summed E-state index contributed by atoms with van der Waals surface area (Å²) in [5, 5.41) is 0. The van der Waals surface area contributed by atoms with Gasteiger partial charge in [-0.3, -0.25) is 14.6 Å². The number of hydrogen-bond acceptors (Lipinski definition) is 5. The Morgan fingerprint density at radius 3 is 2.42 bits per heavy atom. The molecule has 0 radical (unpaired) electrons. The first-order chi connectivity index (χ1) is 12.5. The van der Waals surface area contributed by atoms with Gasteiger partial charge in [-0.05, 0) is 29.3 Å². The van der Waals surface area contributed by atoms with Crippen LogP contribution in [0.2, 0.25) is 0 Å². The largest absolute Gasteiger partial charge is 0.497 e. The highest BCUT2D eigenvalue weighted by molar-refractivity contribution is 5.80. The second-order valence-electron chi connectivity index (χ2n) is 6.08. The number of hydrogen-bond donors (Lipinski definition) is 0. The molecular weight excluding hydrogens is 332 g/mol. The van der Waals surface area contributed by atoms with Gasteiger partial charge in [0.15, 0.2) is 0 Å². The fraction of sp³-hybridized carbons (Fsp3) is 0.350. The van der Waals surface area contributed by atoms with E-state index in [4.69, 9.17) is 9.47 Å². The maximum Gasteiger partial charge on any atom is 0.310 e.